The standard InChI is InChI=1S/C11H15NS.C2H6/c1-10-5-4-6-11(9-10)13-12-7-2-3-8-12;1-2/h4-6,9H,2-3,7-8H2,1H3;1-2H3. The highest BCUT2D eigenvalue weighted by Crippen LogP contribution is 2.26. The van der Waals surface area contributed by atoms with Crippen molar-refractivity contribution >= 4 is 11.9 Å². The number of benzene rings is 1. The van der Waals surface area contributed by atoms with E-state index in [1.807, 2.05) is 25.8 Å². The third kappa shape index (κ3) is 4.27. The van der Waals surface area contributed by atoms with Crippen LogP contribution in [0.4, 0.5) is 0 Å². The fraction of sp³-hybridized carbons (Fsp3) is 0.538. The minimum atomic E-state index is 1.25. The Hall–Kier alpha value is -0.470. The number of aryl methyl sites for hydroxylation is 1. The van der Waals surface area contributed by atoms with Crippen LogP contribution in [0.25, 0.3) is 0 Å². The van der Waals surface area contributed by atoms with Gasteiger partial charge in [0.1, 0.15) is 0 Å². The maximum absolute atomic E-state index is 2.45. The lowest BCUT2D eigenvalue weighted by molar-refractivity contribution is 0.586. The summed E-state index contributed by atoms with van der Waals surface area (Å²) >= 11 is 1.90. The second-order valence-corrected chi connectivity index (χ2v) is 4.71. The zero-order valence-electron chi connectivity index (χ0n) is 9.99. The van der Waals surface area contributed by atoms with Crippen molar-refractivity contribution in [3.63, 3.8) is 0 Å². The summed E-state index contributed by atoms with van der Waals surface area (Å²) in [6, 6.07) is 8.72. The molecule has 1 aliphatic heterocycles. The molecule has 0 unspecified atom stereocenters. The van der Waals surface area contributed by atoms with Gasteiger partial charge in [0.05, 0.1) is 0 Å². The van der Waals surface area contributed by atoms with Crippen LogP contribution >= 0.6 is 11.9 Å². The van der Waals surface area contributed by atoms with E-state index in [9.17, 15) is 0 Å². The van der Waals surface area contributed by atoms with Crippen molar-refractivity contribution in [2.24, 2.45) is 0 Å². The van der Waals surface area contributed by atoms with Crippen LogP contribution in [0.5, 0.6) is 0 Å². The molecule has 84 valence electrons. The van der Waals surface area contributed by atoms with E-state index in [0.29, 0.717) is 0 Å². The van der Waals surface area contributed by atoms with Crippen LogP contribution in [0.15, 0.2) is 29.2 Å². The monoisotopic (exact) mass is 223 g/mol. The lowest BCUT2D eigenvalue weighted by Crippen LogP contribution is -2.08. The summed E-state index contributed by atoms with van der Waals surface area (Å²) in [5.74, 6) is 0. The third-order valence-corrected chi connectivity index (χ3v) is 3.38. The Bertz CT molecular complexity index is 280. The van der Waals surface area contributed by atoms with Crippen molar-refractivity contribution in [2.45, 2.75) is 38.5 Å². The van der Waals surface area contributed by atoms with Gasteiger partial charge in [0, 0.05) is 18.0 Å². The van der Waals surface area contributed by atoms with Gasteiger partial charge in [-0.3, -0.25) is 0 Å². The van der Waals surface area contributed by atoms with Crippen LogP contribution in [-0.4, -0.2) is 17.4 Å². The van der Waals surface area contributed by atoms with Crippen LogP contribution in [0.2, 0.25) is 0 Å². The molecule has 0 N–H and O–H groups in total. The molecule has 2 rings (SSSR count). The fourth-order valence-electron chi connectivity index (χ4n) is 1.60. The Morgan fingerprint density at radius 1 is 1.13 bits per heavy atom. The molecule has 1 nitrogen and oxygen atoms in total. The van der Waals surface area contributed by atoms with E-state index < -0.39 is 0 Å². The smallest absolute Gasteiger partial charge is 0.0232 e. The van der Waals surface area contributed by atoms with E-state index in [4.69, 9.17) is 0 Å². The Morgan fingerprint density at radius 3 is 2.40 bits per heavy atom. The van der Waals surface area contributed by atoms with E-state index >= 15 is 0 Å². The molecule has 0 spiro atoms. The molecule has 15 heavy (non-hydrogen) atoms. The molecule has 1 heterocycles. The summed E-state index contributed by atoms with van der Waals surface area (Å²) in [6.07, 6.45) is 2.72. The molecule has 0 saturated carbocycles. The lowest BCUT2D eigenvalue weighted by atomic mass is 10.2. The first-order valence-corrected chi connectivity index (χ1v) is 6.61. The molecule has 0 radical (unpaired) electrons. The van der Waals surface area contributed by atoms with Crippen molar-refractivity contribution in [1.82, 2.24) is 4.31 Å². The van der Waals surface area contributed by atoms with Crippen LogP contribution in [0, 0.1) is 6.92 Å². The van der Waals surface area contributed by atoms with Gasteiger partial charge < -0.3 is 0 Å². The van der Waals surface area contributed by atoms with Gasteiger partial charge in [-0.05, 0) is 49.4 Å². The predicted molar refractivity (Wildman–Crippen MR) is 69.2 cm³/mol. The van der Waals surface area contributed by atoms with Gasteiger partial charge >= 0.3 is 0 Å². The van der Waals surface area contributed by atoms with Crippen LogP contribution in [0.1, 0.15) is 32.3 Å². The van der Waals surface area contributed by atoms with Gasteiger partial charge in [0.25, 0.3) is 0 Å². The van der Waals surface area contributed by atoms with Crippen molar-refractivity contribution in [3.8, 4) is 0 Å². The van der Waals surface area contributed by atoms with E-state index in [-0.39, 0.29) is 0 Å². The Kier molecular flexibility index (Phi) is 5.81. The topological polar surface area (TPSA) is 3.24 Å². The molecule has 1 aromatic rings. The third-order valence-electron chi connectivity index (χ3n) is 2.29. The number of nitrogens with zero attached hydrogens (tertiary/aromatic N) is 1. The molecule has 0 amide bonds. The van der Waals surface area contributed by atoms with Crippen molar-refractivity contribution in [1.29, 1.82) is 0 Å². The molecular formula is C13H21NS. The molecule has 1 aromatic carbocycles. The van der Waals surface area contributed by atoms with Crippen molar-refractivity contribution in [3.05, 3.63) is 29.8 Å². The zero-order valence-corrected chi connectivity index (χ0v) is 10.8. The Balaban J connectivity index is 0.000000531. The van der Waals surface area contributed by atoms with Crippen LogP contribution in [0.3, 0.4) is 0 Å². The van der Waals surface area contributed by atoms with Crippen molar-refractivity contribution in [2.75, 3.05) is 13.1 Å². The van der Waals surface area contributed by atoms with Crippen LogP contribution in [-0.2, 0) is 0 Å². The molecule has 0 bridgehead atoms. The van der Waals surface area contributed by atoms with Gasteiger partial charge in [0.2, 0.25) is 0 Å². The normalized spacial score (nSPS) is 15.9. The number of hydrogen-bond donors (Lipinski definition) is 0. The summed E-state index contributed by atoms with van der Waals surface area (Å²) in [7, 11) is 0. The summed E-state index contributed by atoms with van der Waals surface area (Å²) < 4.78 is 2.45. The van der Waals surface area contributed by atoms with Gasteiger partial charge in [-0.25, -0.2) is 4.31 Å². The predicted octanol–water partition coefficient (Wildman–Crippen LogP) is 4.12. The zero-order chi connectivity index (χ0) is 11.1. The summed E-state index contributed by atoms with van der Waals surface area (Å²) in [4.78, 5) is 1.38. The molecule has 0 aromatic heterocycles. The summed E-state index contributed by atoms with van der Waals surface area (Å²) in [6.45, 7) is 8.64. The largest absolute Gasteiger partial charge is 0.246 e. The molecule has 1 saturated heterocycles. The van der Waals surface area contributed by atoms with E-state index in [1.54, 1.807) is 0 Å². The van der Waals surface area contributed by atoms with Crippen LogP contribution < -0.4 is 0 Å². The first-order chi connectivity index (χ1) is 7.34. The summed E-state index contributed by atoms with van der Waals surface area (Å²) in [5, 5.41) is 0. The second kappa shape index (κ2) is 6.91. The van der Waals surface area contributed by atoms with Gasteiger partial charge in [-0.1, -0.05) is 26.0 Å². The average molecular weight is 223 g/mol. The average Bonchev–Trinajstić information content (AvgIpc) is 2.74. The SMILES string of the molecule is CC.Cc1cccc(SN2CCCC2)c1. The van der Waals surface area contributed by atoms with Crippen molar-refractivity contribution < 1.29 is 0 Å². The first-order valence-electron chi connectivity index (χ1n) is 5.84. The highest BCUT2D eigenvalue weighted by atomic mass is 32.2. The summed E-state index contributed by atoms with van der Waals surface area (Å²) in [5.41, 5.74) is 1.35. The molecule has 0 atom stereocenters. The second-order valence-electron chi connectivity index (χ2n) is 3.54. The molecule has 0 aliphatic carbocycles. The Labute approximate surface area is 98.0 Å². The lowest BCUT2D eigenvalue weighted by Gasteiger charge is -2.12. The molecular weight excluding hydrogens is 202 g/mol. The Morgan fingerprint density at radius 2 is 1.80 bits per heavy atom. The maximum Gasteiger partial charge on any atom is 0.0232 e. The highest BCUT2D eigenvalue weighted by molar-refractivity contribution is 7.97. The molecule has 1 aliphatic rings. The molecule has 1 fully saturated rings. The van der Waals surface area contributed by atoms with Gasteiger partial charge in [-0.2, -0.15) is 0 Å². The fourth-order valence-corrected chi connectivity index (χ4v) is 2.72. The molecule has 2 heteroatoms. The highest BCUT2D eigenvalue weighted by Gasteiger charge is 2.12. The van der Waals surface area contributed by atoms with Gasteiger partial charge in [-0.15, -0.1) is 0 Å². The maximum atomic E-state index is 2.45. The quantitative estimate of drug-likeness (QED) is 0.694. The number of hydrogen-bond acceptors (Lipinski definition) is 2. The minimum absolute atomic E-state index is 1.25. The van der Waals surface area contributed by atoms with E-state index in [0.717, 1.165) is 0 Å². The van der Waals surface area contributed by atoms with Gasteiger partial charge in [0.15, 0.2) is 0 Å². The van der Waals surface area contributed by atoms with E-state index in [2.05, 4.69) is 35.5 Å². The minimum Gasteiger partial charge on any atom is -0.246 e. The first kappa shape index (κ1) is 12.6. The van der Waals surface area contributed by atoms with E-state index in [1.165, 1.54) is 36.4 Å². The number of rotatable bonds is 2.